The lowest BCUT2D eigenvalue weighted by Crippen LogP contribution is -2.49. The molecule has 0 atom stereocenters. The molecule has 1 N–H and O–H groups in total. The largest absolute Gasteiger partial charge is 0.450 e. The fourth-order valence-electron chi connectivity index (χ4n) is 3.90. The van der Waals surface area contributed by atoms with Crippen molar-refractivity contribution in [2.24, 2.45) is 0 Å². The van der Waals surface area contributed by atoms with E-state index in [1.807, 2.05) is 24.3 Å². The number of hydrogen-bond acceptors (Lipinski definition) is 4. The van der Waals surface area contributed by atoms with Gasteiger partial charge in [-0.3, -0.25) is 4.79 Å². The van der Waals surface area contributed by atoms with Gasteiger partial charge in [0, 0.05) is 43.2 Å². The van der Waals surface area contributed by atoms with Gasteiger partial charge in [-0.25, -0.2) is 4.79 Å². The van der Waals surface area contributed by atoms with E-state index < -0.39 is 5.60 Å². The highest BCUT2D eigenvalue weighted by molar-refractivity contribution is 6.12. The second kappa shape index (κ2) is 7.23. The third-order valence-corrected chi connectivity index (χ3v) is 5.61. The van der Waals surface area contributed by atoms with Gasteiger partial charge in [0.25, 0.3) is 5.91 Å². The van der Waals surface area contributed by atoms with E-state index in [0.717, 1.165) is 25.2 Å². The smallest absolute Gasteiger partial charge is 0.335 e. The predicted octanol–water partition coefficient (Wildman–Crippen LogP) is 3.30. The van der Waals surface area contributed by atoms with Crippen molar-refractivity contribution in [3.05, 3.63) is 41.0 Å². The van der Waals surface area contributed by atoms with Crippen LogP contribution in [0.4, 0.5) is 5.69 Å². The third-order valence-electron chi connectivity index (χ3n) is 5.61. The maximum Gasteiger partial charge on any atom is 0.335 e. The Balaban J connectivity index is 1.80. The molecule has 1 amide bonds. The molecule has 2 heterocycles. The van der Waals surface area contributed by atoms with Crippen molar-refractivity contribution in [1.82, 2.24) is 4.90 Å². The zero-order valence-corrected chi connectivity index (χ0v) is 16.1. The van der Waals surface area contributed by atoms with Crippen LogP contribution in [-0.2, 0) is 20.7 Å². The summed E-state index contributed by atoms with van der Waals surface area (Å²) in [6.45, 7) is 9.75. The molecule has 5 nitrogen and oxygen atoms in total. The lowest BCUT2D eigenvalue weighted by Gasteiger charge is -2.40. The lowest BCUT2D eigenvalue weighted by atomic mass is 9.82. The van der Waals surface area contributed by atoms with E-state index in [4.69, 9.17) is 4.74 Å². The highest BCUT2D eigenvalue weighted by Gasteiger charge is 2.50. The molecule has 140 valence electrons. The van der Waals surface area contributed by atoms with Crippen molar-refractivity contribution in [1.29, 1.82) is 0 Å². The Labute approximate surface area is 155 Å². The summed E-state index contributed by atoms with van der Waals surface area (Å²) < 4.78 is 5.74. The first-order valence-electron chi connectivity index (χ1n) is 9.45. The third kappa shape index (κ3) is 3.40. The first kappa shape index (κ1) is 18.6. The number of hydrogen-bond donors (Lipinski definition) is 1. The summed E-state index contributed by atoms with van der Waals surface area (Å²) >= 11 is 0. The Kier molecular flexibility index (Phi) is 5.19. The van der Waals surface area contributed by atoms with Gasteiger partial charge in [0.05, 0.1) is 5.57 Å². The first-order chi connectivity index (χ1) is 12.4. The summed E-state index contributed by atoms with van der Waals surface area (Å²) in [4.78, 5) is 27.6. The molecule has 0 aromatic heterocycles. The topological polar surface area (TPSA) is 58.6 Å². The molecular formula is C21H28N2O3. The Morgan fingerprint density at radius 3 is 2.38 bits per heavy atom. The van der Waals surface area contributed by atoms with E-state index in [1.54, 1.807) is 6.92 Å². The van der Waals surface area contributed by atoms with Crippen LogP contribution in [0.1, 0.15) is 46.1 Å². The molecule has 0 saturated carbocycles. The van der Waals surface area contributed by atoms with Gasteiger partial charge >= 0.3 is 5.97 Å². The molecule has 0 radical (unpaired) electrons. The van der Waals surface area contributed by atoms with Crippen molar-refractivity contribution in [2.45, 2.75) is 58.6 Å². The van der Waals surface area contributed by atoms with Gasteiger partial charge in [-0.1, -0.05) is 19.1 Å². The van der Waals surface area contributed by atoms with E-state index in [0.29, 0.717) is 30.0 Å². The van der Waals surface area contributed by atoms with Crippen molar-refractivity contribution in [3.8, 4) is 0 Å². The standard InChI is InChI=1S/C21H28N2O3/c1-5-16-6-8-17(9-7-16)22-19(24)18-15(4)20(25)26-21(18)10-12-23(13-11-21)14(2)3/h6-9,14H,5,10-13H2,1-4H3,(H,22,24). The van der Waals surface area contributed by atoms with Crippen molar-refractivity contribution in [2.75, 3.05) is 18.4 Å². The Hall–Kier alpha value is -2.14. The Morgan fingerprint density at radius 1 is 1.23 bits per heavy atom. The van der Waals surface area contributed by atoms with Crippen LogP contribution in [0.2, 0.25) is 0 Å². The number of carbonyl (C=O) groups excluding carboxylic acids is 2. The van der Waals surface area contributed by atoms with Crippen LogP contribution in [0.25, 0.3) is 0 Å². The van der Waals surface area contributed by atoms with Gasteiger partial charge in [-0.2, -0.15) is 0 Å². The van der Waals surface area contributed by atoms with Crippen molar-refractivity contribution < 1.29 is 14.3 Å². The minimum Gasteiger partial charge on any atom is -0.450 e. The van der Waals surface area contributed by atoms with Gasteiger partial charge in [-0.05, 0) is 44.9 Å². The number of rotatable bonds is 4. The van der Waals surface area contributed by atoms with E-state index in [9.17, 15) is 9.59 Å². The summed E-state index contributed by atoms with van der Waals surface area (Å²) in [5, 5.41) is 2.95. The van der Waals surface area contributed by atoms with E-state index >= 15 is 0 Å². The highest BCUT2D eigenvalue weighted by atomic mass is 16.6. The summed E-state index contributed by atoms with van der Waals surface area (Å²) in [6.07, 6.45) is 2.27. The summed E-state index contributed by atoms with van der Waals surface area (Å²) in [5.74, 6) is -0.593. The first-order valence-corrected chi connectivity index (χ1v) is 9.45. The number of likely N-dealkylation sites (tertiary alicyclic amines) is 1. The SMILES string of the molecule is CCc1ccc(NC(=O)C2=C(C)C(=O)OC23CCN(C(C)C)CC3)cc1. The number of ether oxygens (including phenoxy) is 1. The second-order valence-corrected chi connectivity index (χ2v) is 7.52. The molecule has 3 rings (SSSR count). The number of nitrogens with one attached hydrogen (secondary N) is 1. The molecule has 2 aliphatic heterocycles. The lowest BCUT2D eigenvalue weighted by molar-refractivity contribution is -0.151. The molecule has 1 saturated heterocycles. The van der Waals surface area contributed by atoms with Gasteiger partial charge in [-0.15, -0.1) is 0 Å². The Morgan fingerprint density at radius 2 is 1.85 bits per heavy atom. The molecule has 1 aromatic rings. The number of piperidine rings is 1. The molecule has 26 heavy (non-hydrogen) atoms. The fraction of sp³-hybridized carbons (Fsp3) is 0.524. The summed E-state index contributed by atoms with van der Waals surface area (Å²) in [6, 6.07) is 8.26. The van der Waals surface area contributed by atoms with Crippen molar-refractivity contribution >= 4 is 17.6 Å². The number of anilines is 1. The summed E-state index contributed by atoms with van der Waals surface area (Å²) in [7, 11) is 0. The van der Waals surface area contributed by atoms with E-state index in [-0.39, 0.29) is 11.9 Å². The monoisotopic (exact) mass is 356 g/mol. The number of esters is 1. The van der Waals surface area contributed by atoms with Crippen LogP contribution in [-0.4, -0.2) is 41.5 Å². The Bertz CT molecular complexity index is 726. The quantitative estimate of drug-likeness (QED) is 0.841. The highest BCUT2D eigenvalue weighted by Crippen LogP contribution is 2.41. The predicted molar refractivity (Wildman–Crippen MR) is 102 cm³/mol. The molecule has 1 aromatic carbocycles. The maximum absolute atomic E-state index is 13.0. The molecule has 2 aliphatic rings. The van der Waals surface area contributed by atoms with E-state index in [1.165, 1.54) is 5.56 Å². The van der Waals surface area contributed by atoms with Gasteiger partial charge in [0.1, 0.15) is 5.60 Å². The second-order valence-electron chi connectivity index (χ2n) is 7.52. The van der Waals surface area contributed by atoms with Crippen LogP contribution in [0, 0.1) is 0 Å². The molecule has 0 unspecified atom stereocenters. The molecule has 5 heteroatoms. The maximum atomic E-state index is 13.0. The molecule has 1 spiro atoms. The number of amides is 1. The average Bonchev–Trinajstić information content (AvgIpc) is 2.86. The molecular weight excluding hydrogens is 328 g/mol. The zero-order chi connectivity index (χ0) is 18.9. The fourth-order valence-corrected chi connectivity index (χ4v) is 3.90. The minimum absolute atomic E-state index is 0.226. The van der Waals surface area contributed by atoms with Crippen LogP contribution in [0.3, 0.4) is 0 Å². The molecule has 1 fully saturated rings. The van der Waals surface area contributed by atoms with Gasteiger partial charge in [0.2, 0.25) is 0 Å². The van der Waals surface area contributed by atoms with Gasteiger partial charge in [0.15, 0.2) is 0 Å². The number of nitrogens with zero attached hydrogens (tertiary/aromatic N) is 1. The van der Waals surface area contributed by atoms with Crippen LogP contribution in [0.15, 0.2) is 35.4 Å². The number of aryl methyl sites for hydroxylation is 1. The van der Waals surface area contributed by atoms with E-state index in [2.05, 4.69) is 31.0 Å². The van der Waals surface area contributed by atoms with Gasteiger partial charge < -0.3 is 15.0 Å². The minimum atomic E-state index is -0.778. The number of carbonyl (C=O) groups is 2. The summed E-state index contributed by atoms with van der Waals surface area (Å²) in [5.41, 5.74) is 2.12. The van der Waals surface area contributed by atoms with Crippen LogP contribution >= 0.6 is 0 Å². The normalized spacial score (nSPS) is 20.0. The van der Waals surface area contributed by atoms with Crippen LogP contribution in [0.5, 0.6) is 0 Å². The van der Waals surface area contributed by atoms with Crippen molar-refractivity contribution in [3.63, 3.8) is 0 Å². The number of benzene rings is 1. The van der Waals surface area contributed by atoms with Crippen LogP contribution < -0.4 is 5.32 Å². The molecule has 0 aliphatic carbocycles. The zero-order valence-electron chi connectivity index (χ0n) is 16.1. The molecule has 0 bridgehead atoms. The average molecular weight is 356 g/mol.